The Hall–Kier alpha value is -0.680. The first-order valence-corrected chi connectivity index (χ1v) is 8.07. The van der Waals surface area contributed by atoms with E-state index in [0.29, 0.717) is 23.4 Å². The van der Waals surface area contributed by atoms with Crippen molar-refractivity contribution in [1.82, 2.24) is 5.32 Å². The number of hydrogen-bond donors (Lipinski definition) is 1. The van der Waals surface area contributed by atoms with Gasteiger partial charge in [-0.05, 0) is 30.2 Å². The van der Waals surface area contributed by atoms with Crippen LogP contribution in [0.5, 0.6) is 0 Å². The first-order valence-electron chi connectivity index (χ1n) is 7.02. The molecule has 1 aromatic rings. The SMILES string of the molecule is CCSC1CCCC1NCc1ccccc1C(F)(F)F. The molecule has 2 atom stereocenters. The van der Waals surface area contributed by atoms with Gasteiger partial charge in [0, 0.05) is 17.8 Å². The molecule has 1 N–H and O–H groups in total. The molecule has 20 heavy (non-hydrogen) atoms. The van der Waals surface area contributed by atoms with Crippen LogP contribution in [0.4, 0.5) is 13.2 Å². The molecule has 112 valence electrons. The van der Waals surface area contributed by atoms with E-state index in [2.05, 4.69) is 12.2 Å². The van der Waals surface area contributed by atoms with E-state index in [1.54, 1.807) is 12.1 Å². The number of rotatable bonds is 5. The molecule has 2 unspecified atom stereocenters. The van der Waals surface area contributed by atoms with Crippen molar-refractivity contribution >= 4 is 11.8 Å². The number of halogens is 3. The Balaban J connectivity index is 2.01. The van der Waals surface area contributed by atoms with E-state index in [1.165, 1.54) is 6.07 Å². The van der Waals surface area contributed by atoms with Crippen molar-refractivity contribution < 1.29 is 13.2 Å². The zero-order chi connectivity index (χ0) is 14.6. The Labute approximate surface area is 122 Å². The van der Waals surface area contributed by atoms with E-state index in [9.17, 15) is 13.2 Å². The van der Waals surface area contributed by atoms with Crippen LogP contribution in [0.15, 0.2) is 24.3 Å². The van der Waals surface area contributed by atoms with Gasteiger partial charge in [0.25, 0.3) is 0 Å². The van der Waals surface area contributed by atoms with E-state index >= 15 is 0 Å². The van der Waals surface area contributed by atoms with E-state index in [4.69, 9.17) is 0 Å². The molecule has 1 saturated carbocycles. The summed E-state index contributed by atoms with van der Waals surface area (Å²) in [6.07, 6.45) is -0.884. The Morgan fingerprint density at radius 3 is 2.70 bits per heavy atom. The second kappa shape index (κ2) is 6.85. The van der Waals surface area contributed by atoms with Crippen molar-refractivity contribution in [3.05, 3.63) is 35.4 Å². The summed E-state index contributed by atoms with van der Waals surface area (Å²) < 4.78 is 38.7. The minimum absolute atomic E-state index is 0.293. The zero-order valence-electron chi connectivity index (χ0n) is 11.5. The Morgan fingerprint density at radius 2 is 2.00 bits per heavy atom. The summed E-state index contributed by atoms with van der Waals surface area (Å²) in [6.45, 7) is 2.42. The molecule has 0 saturated heterocycles. The molecule has 0 bridgehead atoms. The quantitative estimate of drug-likeness (QED) is 0.861. The molecule has 0 aromatic heterocycles. The van der Waals surface area contributed by atoms with Gasteiger partial charge in [-0.25, -0.2) is 0 Å². The van der Waals surface area contributed by atoms with Crippen molar-refractivity contribution in [3.63, 3.8) is 0 Å². The first kappa shape index (κ1) is 15.7. The summed E-state index contributed by atoms with van der Waals surface area (Å²) in [5.41, 5.74) is -0.183. The highest BCUT2D eigenvalue weighted by molar-refractivity contribution is 7.99. The summed E-state index contributed by atoms with van der Waals surface area (Å²) >= 11 is 1.91. The molecule has 2 rings (SSSR count). The van der Waals surface area contributed by atoms with Gasteiger partial charge in [-0.2, -0.15) is 24.9 Å². The molecule has 1 aliphatic carbocycles. The van der Waals surface area contributed by atoms with Gasteiger partial charge >= 0.3 is 6.18 Å². The average Bonchev–Trinajstić information content (AvgIpc) is 2.83. The van der Waals surface area contributed by atoms with Crippen LogP contribution in [0.1, 0.15) is 37.3 Å². The highest BCUT2D eigenvalue weighted by Crippen LogP contribution is 2.33. The highest BCUT2D eigenvalue weighted by Gasteiger charge is 2.33. The van der Waals surface area contributed by atoms with Gasteiger partial charge in [0.1, 0.15) is 0 Å². The topological polar surface area (TPSA) is 12.0 Å². The van der Waals surface area contributed by atoms with Crippen LogP contribution in [-0.4, -0.2) is 17.0 Å². The van der Waals surface area contributed by atoms with Crippen molar-refractivity contribution in [3.8, 4) is 0 Å². The monoisotopic (exact) mass is 303 g/mol. The van der Waals surface area contributed by atoms with Crippen LogP contribution in [0.3, 0.4) is 0 Å². The van der Waals surface area contributed by atoms with Crippen LogP contribution in [-0.2, 0) is 12.7 Å². The van der Waals surface area contributed by atoms with Crippen molar-refractivity contribution in [1.29, 1.82) is 0 Å². The molecule has 0 radical (unpaired) electrons. The Kier molecular flexibility index (Phi) is 5.38. The maximum atomic E-state index is 12.9. The molecule has 0 amide bonds. The second-order valence-electron chi connectivity index (χ2n) is 5.07. The van der Waals surface area contributed by atoms with Crippen LogP contribution in [0, 0.1) is 0 Å². The largest absolute Gasteiger partial charge is 0.416 e. The van der Waals surface area contributed by atoms with Crippen LogP contribution in [0.2, 0.25) is 0 Å². The van der Waals surface area contributed by atoms with Gasteiger partial charge in [-0.15, -0.1) is 0 Å². The first-order chi connectivity index (χ1) is 9.52. The summed E-state index contributed by atoms with van der Waals surface area (Å²) in [5, 5.41) is 3.86. The third-order valence-corrected chi connectivity index (χ3v) is 5.04. The van der Waals surface area contributed by atoms with Crippen LogP contribution >= 0.6 is 11.8 Å². The smallest absolute Gasteiger partial charge is 0.309 e. The summed E-state index contributed by atoms with van der Waals surface area (Å²) in [4.78, 5) is 0. The average molecular weight is 303 g/mol. The van der Waals surface area contributed by atoms with E-state index in [-0.39, 0.29) is 0 Å². The number of hydrogen-bond acceptors (Lipinski definition) is 2. The van der Waals surface area contributed by atoms with E-state index in [0.717, 1.165) is 31.1 Å². The van der Waals surface area contributed by atoms with E-state index in [1.807, 2.05) is 11.8 Å². The molecule has 0 spiro atoms. The molecule has 5 heteroatoms. The molecule has 1 nitrogen and oxygen atoms in total. The minimum Gasteiger partial charge on any atom is -0.309 e. The van der Waals surface area contributed by atoms with Gasteiger partial charge in [0.15, 0.2) is 0 Å². The standard InChI is InChI=1S/C15H20F3NS/c1-2-20-14-9-5-8-13(14)19-10-11-6-3-4-7-12(11)15(16,17)18/h3-4,6-7,13-14,19H,2,5,8-10H2,1H3. The van der Waals surface area contributed by atoms with Crippen molar-refractivity contribution in [2.24, 2.45) is 0 Å². The van der Waals surface area contributed by atoms with Gasteiger partial charge < -0.3 is 5.32 Å². The summed E-state index contributed by atoms with van der Waals surface area (Å²) in [5.74, 6) is 1.06. The van der Waals surface area contributed by atoms with E-state index < -0.39 is 11.7 Å². The fourth-order valence-corrected chi connectivity index (χ4v) is 3.99. The summed E-state index contributed by atoms with van der Waals surface area (Å²) in [7, 11) is 0. The third kappa shape index (κ3) is 3.92. The van der Waals surface area contributed by atoms with Gasteiger partial charge in [-0.3, -0.25) is 0 Å². The zero-order valence-corrected chi connectivity index (χ0v) is 12.4. The van der Waals surface area contributed by atoms with Crippen LogP contribution in [0.25, 0.3) is 0 Å². The number of thioether (sulfide) groups is 1. The molecule has 1 aliphatic rings. The maximum Gasteiger partial charge on any atom is 0.416 e. The predicted molar refractivity (Wildman–Crippen MR) is 77.8 cm³/mol. The molecule has 1 aromatic carbocycles. The second-order valence-corrected chi connectivity index (χ2v) is 6.58. The minimum atomic E-state index is -4.27. The fraction of sp³-hybridized carbons (Fsp3) is 0.600. The number of benzene rings is 1. The van der Waals surface area contributed by atoms with Gasteiger partial charge in [0.2, 0.25) is 0 Å². The molecular weight excluding hydrogens is 283 g/mol. The lowest BCUT2D eigenvalue weighted by Crippen LogP contribution is -2.34. The number of alkyl halides is 3. The molecular formula is C15H20F3NS. The summed E-state index contributed by atoms with van der Waals surface area (Å²) in [6, 6.07) is 6.16. The lowest BCUT2D eigenvalue weighted by molar-refractivity contribution is -0.138. The Morgan fingerprint density at radius 1 is 1.25 bits per heavy atom. The fourth-order valence-electron chi connectivity index (χ4n) is 2.77. The molecule has 0 heterocycles. The molecule has 1 fully saturated rings. The maximum absolute atomic E-state index is 12.9. The lowest BCUT2D eigenvalue weighted by atomic mass is 10.1. The highest BCUT2D eigenvalue weighted by atomic mass is 32.2. The molecule has 0 aliphatic heterocycles. The van der Waals surface area contributed by atoms with Gasteiger partial charge in [0.05, 0.1) is 5.56 Å². The lowest BCUT2D eigenvalue weighted by Gasteiger charge is -2.21. The van der Waals surface area contributed by atoms with Crippen LogP contribution < -0.4 is 5.32 Å². The van der Waals surface area contributed by atoms with Gasteiger partial charge in [-0.1, -0.05) is 31.5 Å². The normalized spacial score (nSPS) is 23.2. The predicted octanol–water partition coefficient (Wildman–Crippen LogP) is 4.47. The Bertz CT molecular complexity index is 433. The number of nitrogens with one attached hydrogen (secondary N) is 1. The van der Waals surface area contributed by atoms with Crippen molar-refractivity contribution in [2.75, 3.05) is 5.75 Å². The van der Waals surface area contributed by atoms with Crippen molar-refractivity contribution in [2.45, 2.75) is 50.2 Å². The third-order valence-electron chi connectivity index (χ3n) is 3.71.